The van der Waals surface area contributed by atoms with Crippen LogP contribution < -0.4 is 5.48 Å². The van der Waals surface area contributed by atoms with Gasteiger partial charge in [0.05, 0.1) is 37.0 Å². The molecule has 1 fully saturated rings. The molecule has 3 heterocycles. The van der Waals surface area contributed by atoms with Gasteiger partial charge in [-0.2, -0.15) is 0 Å². The molecule has 0 unspecified atom stereocenters. The number of hydrogen-bond donors (Lipinski definition) is 2. The number of aliphatic hydroxyl groups excluding tert-OH is 1. The first kappa shape index (κ1) is 21.0. The number of rotatable bonds is 6. The Morgan fingerprint density at radius 3 is 2.81 bits per heavy atom. The molecule has 0 bridgehead atoms. The maximum Gasteiger partial charge on any atom is 0.293 e. The van der Waals surface area contributed by atoms with Gasteiger partial charge in [-0.25, -0.2) is 14.9 Å². The SMILES string of the molecule is CONC(=O)c1cc2c(C(=O)N3CCC[C@H]3CO)cn(Cc3ccc(F)cc3)c2cn1. The average Bonchev–Trinajstić information content (AvgIpc) is 3.39. The quantitative estimate of drug-likeness (QED) is 0.589. The summed E-state index contributed by atoms with van der Waals surface area (Å²) in [6.07, 6.45) is 4.84. The summed E-state index contributed by atoms with van der Waals surface area (Å²) in [7, 11) is 1.33. The van der Waals surface area contributed by atoms with Crippen molar-refractivity contribution >= 4 is 22.7 Å². The second-order valence-electron chi connectivity index (χ2n) is 7.50. The molecule has 1 aliphatic rings. The Kier molecular flexibility index (Phi) is 5.97. The van der Waals surface area contributed by atoms with E-state index in [1.807, 2.05) is 4.57 Å². The summed E-state index contributed by atoms with van der Waals surface area (Å²) in [6.45, 7) is 0.874. The number of hydroxylamine groups is 1. The molecule has 162 valence electrons. The lowest BCUT2D eigenvalue weighted by atomic mass is 10.1. The lowest BCUT2D eigenvalue weighted by Gasteiger charge is -2.22. The first-order valence-corrected chi connectivity index (χ1v) is 10.00. The number of aromatic nitrogens is 2. The molecule has 0 radical (unpaired) electrons. The van der Waals surface area contributed by atoms with Crippen molar-refractivity contribution in [3.63, 3.8) is 0 Å². The fourth-order valence-corrected chi connectivity index (χ4v) is 3.99. The molecule has 0 spiro atoms. The van der Waals surface area contributed by atoms with Gasteiger partial charge in [-0.1, -0.05) is 12.1 Å². The summed E-state index contributed by atoms with van der Waals surface area (Å²) in [5.74, 6) is -1.05. The van der Waals surface area contributed by atoms with Crippen molar-refractivity contribution in [2.45, 2.75) is 25.4 Å². The first-order valence-electron chi connectivity index (χ1n) is 10.00. The topological polar surface area (TPSA) is 96.7 Å². The molecule has 4 rings (SSSR count). The monoisotopic (exact) mass is 426 g/mol. The van der Waals surface area contributed by atoms with Crippen LogP contribution in [0.1, 0.15) is 39.3 Å². The van der Waals surface area contributed by atoms with Gasteiger partial charge in [0.1, 0.15) is 11.5 Å². The van der Waals surface area contributed by atoms with Gasteiger partial charge in [0.2, 0.25) is 0 Å². The Bertz CT molecular complexity index is 1110. The van der Waals surface area contributed by atoms with Gasteiger partial charge in [0.15, 0.2) is 0 Å². The molecule has 9 heteroatoms. The highest BCUT2D eigenvalue weighted by atomic mass is 19.1. The smallest absolute Gasteiger partial charge is 0.293 e. The third-order valence-electron chi connectivity index (χ3n) is 5.54. The van der Waals surface area contributed by atoms with Crippen molar-refractivity contribution in [2.24, 2.45) is 0 Å². The van der Waals surface area contributed by atoms with Gasteiger partial charge >= 0.3 is 0 Å². The minimum atomic E-state index is -0.525. The van der Waals surface area contributed by atoms with E-state index in [1.165, 1.54) is 25.4 Å². The van der Waals surface area contributed by atoms with Crippen LogP contribution in [0.4, 0.5) is 4.39 Å². The normalized spacial score (nSPS) is 16.1. The predicted octanol–water partition coefficient (Wildman–Crippen LogP) is 2.11. The van der Waals surface area contributed by atoms with E-state index in [2.05, 4.69) is 15.3 Å². The van der Waals surface area contributed by atoms with E-state index in [0.29, 0.717) is 29.6 Å². The van der Waals surface area contributed by atoms with Crippen LogP contribution in [0.25, 0.3) is 10.9 Å². The molecule has 2 aromatic heterocycles. The lowest BCUT2D eigenvalue weighted by Crippen LogP contribution is -2.37. The molecule has 3 aromatic rings. The van der Waals surface area contributed by atoms with Gasteiger partial charge < -0.3 is 14.6 Å². The number of aliphatic hydroxyl groups is 1. The van der Waals surface area contributed by atoms with Crippen molar-refractivity contribution in [1.29, 1.82) is 0 Å². The molecule has 0 aliphatic carbocycles. The van der Waals surface area contributed by atoms with Crippen LogP contribution in [0.2, 0.25) is 0 Å². The number of hydrogen-bond acceptors (Lipinski definition) is 5. The molecule has 1 saturated heterocycles. The zero-order valence-corrected chi connectivity index (χ0v) is 17.0. The first-order chi connectivity index (χ1) is 15.0. The number of fused-ring (bicyclic) bond motifs is 1. The van der Waals surface area contributed by atoms with Crippen molar-refractivity contribution in [3.8, 4) is 0 Å². The largest absolute Gasteiger partial charge is 0.394 e. The number of amides is 2. The van der Waals surface area contributed by atoms with Crippen LogP contribution in [0.3, 0.4) is 0 Å². The highest BCUT2D eigenvalue weighted by molar-refractivity contribution is 6.08. The molecular formula is C22H23FN4O4. The van der Waals surface area contributed by atoms with Gasteiger partial charge in [-0.15, -0.1) is 0 Å². The molecule has 1 aliphatic heterocycles. The van der Waals surface area contributed by atoms with Crippen molar-refractivity contribution < 1.29 is 23.9 Å². The van der Waals surface area contributed by atoms with Crippen molar-refractivity contribution in [1.82, 2.24) is 19.9 Å². The number of nitrogens with one attached hydrogen (secondary N) is 1. The molecule has 2 amide bonds. The van der Waals surface area contributed by atoms with Gasteiger partial charge in [0, 0.05) is 24.7 Å². The van der Waals surface area contributed by atoms with E-state index < -0.39 is 5.91 Å². The number of carbonyl (C=O) groups is 2. The summed E-state index contributed by atoms with van der Waals surface area (Å²) in [4.78, 5) is 36.1. The predicted molar refractivity (Wildman–Crippen MR) is 111 cm³/mol. The summed E-state index contributed by atoms with van der Waals surface area (Å²) in [5, 5.41) is 10.2. The number of pyridine rings is 1. The van der Waals surface area contributed by atoms with Crippen LogP contribution in [-0.2, 0) is 11.4 Å². The Morgan fingerprint density at radius 2 is 2.10 bits per heavy atom. The van der Waals surface area contributed by atoms with Gasteiger partial charge in [-0.3, -0.25) is 14.4 Å². The number of nitrogens with zero attached hydrogens (tertiary/aromatic N) is 3. The summed E-state index contributed by atoms with van der Waals surface area (Å²) in [5.41, 5.74) is 4.29. The van der Waals surface area contributed by atoms with Crippen molar-refractivity contribution in [2.75, 3.05) is 20.3 Å². The zero-order valence-electron chi connectivity index (χ0n) is 17.0. The molecule has 0 saturated carbocycles. The van der Waals surface area contributed by atoms with Crippen LogP contribution in [0.5, 0.6) is 0 Å². The lowest BCUT2D eigenvalue weighted by molar-refractivity contribution is 0.0532. The van der Waals surface area contributed by atoms with Gasteiger partial charge in [-0.05, 0) is 36.6 Å². The summed E-state index contributed by atoms with van der Waals surface area (Å²) >= 11 is 0. The second-order valence-corrected chi connectivity index (χ2v) is 7.50. The maximum atomic E-state index is 13.4. The highest BCUT2D eigenvalue weighted by Gasteiger charge is 2.31. The Labute approximate surface area is 178 Å². The fraction of sp³-hybridized carbons (Fsp3) is 0.318. The molecule has 31 heavy (non-hydrogen) atoms. The molecule has 1 atom stereocenters. The van der Waals surface area contributed by atoms with Crippen LogP contribution in [-0.4, -0.2) is 57.7 Å². The number of likely N-dealkylation sites (tertiary alicyclic amines) is 1. The Morgan fingerprint density at radius 1 is 1.32 bits per heavy atom. The van der Waals surface area contributed by atoms with Crippen LogP contribution >= 0.6 is 0 Å². The Hall–Kier alpha value is -3.30. The second kappa shape index (κ2) is 8.83. The van der Waals surface area contributed by atoms with E-state index in [1.54, 1.807) is 29.3 Å². The molecule has 1 aromatic carbocycles. The van der Waals surface area contributed by atoms with E-state index in [0.717, 1.165) is 18.4 Å². The van der Waals surface area contributed by atoms with E-state index in [9.17, 15) is 19.1 Å². The van der Waals surface area contributed by atoms with Crippen LogP contribution in [0.15, 0.2) is 42.7 Å². The highest BCUT2D eigenvalue weighted by Crippen LogP contribution is 2.27. The van der Waals surface area contributed by atoms with E-state index in [4.69, 9.17) is 0 Å². The maximum absolute atomic E-state index is 13.4. The number of halogens is 1. The number of benzene rings is 1. The average molecular weight is 426 g/mol. The van der Waals surface area contributed by atoms with E-state index in [-0.39, 0.29) is 30.1 Å². The molecule has 8 nitrogen and oxygen atoms in total. The van der Waals surface area contributed by atoms with Crippen LogP contribution in [0, 0.1) is 5.82 Å². The minimum absolute atomic E-state index is 0.0942. The van der Waals surface area contributed by atoms with Gasteiger partial charge in [0.25, 0.3) is 11.8 Å². The third kappa shape index (κ3) is 4.14. The van der Waals surface area contributed by atoms with E-state index >= 15 is 0 Å². The fourth-order valence-electron chi connectivity index (χ4n) is 3.99. The zero-order chi connectivity index (χ0) is 22.0. The summed E-state index contributed by atoms with van der Waals surface area (Å²) < 4.78 is 15.1. The third-order valence-corrected chi connectivity index (χ3v) is 5.54. The molecular weight excluding hydrogens is 403 g/mol. The van der Waals surface area contributed by atoms with Crippen molar-refractivity contribution in [3.05, 3.63) is 65.4 Å². The standard InChI is InChI=1S/C22H23FN4O4/c1-31-25-21(29)19-9-17-18(22(30)27-8-2-3-16(27)13-28)12-26(20(17)10-24-19)11-14-4-6-15(23)7-5-14/h4-7,9-10,12,16,28H,2-3,8,11,13H2,1H3,(H,25,29)/t16-/m0/s1. The summed E-state index contributed by atoms with van der Waals surface area (Å²) in [6, 6.07) is 7.46. The molecule has 2 N–H and O–H groups in total. The number of carbonyl (C=O) groups excluding carboxylic acids is 2. The minimum Gasteiger partial charge on any atom is -0.394 e. The Balaban J connectivity index is 1.78.